The second-order valence-corrected chi connectivity index (χ2v) is 6.56. The molecule has 0 bridgehead atoms. The topological polar surface area (TPSA) is 86.7 Å². The second-order valence-electron chi connectivity index (χ2n) is 6.56. The van der Waals surface area contributed by atoms with E-state index in [1.165, 1.54) is 0 Å². The van der Waals surface area contributed by atoms with E-state index in [9.17, 15) is 19.5 Å². The third kappa shape index (κ3) is 4.73. The lowest BCUT2D eigenvalue weighted by molar-refractivity contribution is -0.121. The van der Waals surface area contributed by atoms with Crippen molar-refractivity contribution in [2.24, 2.45) is 0 Å². The van der Waals surface area contributed by atoms with Crippen LogP contribution in [0.5, 0.6) is 0 Å². The Hall–Kier alpha value is -3.15. The van der Waals surface area contributed by atoms with Crippen LogP contribution < -0.4 is 10.2 Å². The Kier molecular flexibility index (Phi) is 5.86. The number of carbonyl (C=O) groups is 3. The molecule has 1 aliphatic rings. The third-order valence-corrected chi connectivity index (χ3v) is 4.65. The van der Waals surface area contributed by atoms with Crippen LogP contribution in [0.25, 0.3) is 0 Å². The van der Waals surface area contributed by atoms with E-state index in [4.69, 9.17) is 0 Å². The van der Waals surface area contributed by atoms with Gasteiger partial charge >= 0.3 is 5.97 Å². The average molecular weight is 366 g/mol. The highest BCUT2D eigenvalue weighted by atomic mass is 16.4. The maximum atomic E-state index is 12.1. The Morgan fingerprint density at radius 3 is 2.67 bits per heavy atom. The molecule has 1 aliphatic heterocycles. The van der Waals surface area contributed by atoms with Crippen molar-refractivity contribution < 1.29 is 19.5 Å². The second kappa shape index (κ2) is 8.49. The number of rotatable bonds is 7. The molecule has 0 aliphatic carbocycles. The van der Waals surface area contributed by atoms with Crippen LogP contribution in [-0.4, -0.2) is 29.4 Å². The average Bonchev–Trinajstić information content (AvgIpc) is 3.11. The van der Waals surface area contributed by atoms with Crippen LogP contribution in [0.15, 0.2) is 48.5 Å². The van der Waals surface area contributed by atoms with Crippen molar-refractivity contribution in [1.82, 2.24) is 5.32 Å². The summed E-state index contributed by atoms with van der Waals surface area (Å²) in [5, 5.41) is 12.0. The Morgan fingerprint density at radius 1 is 1.11 bits per heavy atom. The number of aryl methyl sites for hydroxylation is 1. The summed E-state index contributed by atoms with van der Waals surface area (Å²) < 4.78 is 0. The quantitative estimate of drug-likeness (QED) is 0.789. The van der Waals surface area contributed by atoms with Gasteiger partial charge in [0.05, 0.1) is 5.56 Å². The molecule has 0 saturated carbocycles. The highest BCUT2D eigenvalue weighted by Crippen LogP contribution is 2.22. The molecule has 2 aromatic rings. The van der Waals surface area contributed by atoms with Crippen molar-refractivity contribution in [2.75, 3.05) is 11.4 Å². The third-order valence-electron chi connectivity index (χ3n) is 4.65. The van der Waals surface area contributed by atoms with Crippen LogP contribution in [0.2, 0.25) is 0 Å². The molecule has 1 saturated heterocycles. The van der Waals surface area contributed by atoms with Crippen molar-refractivity contribution in [1.29, 1.82) is 0 Å². The summed E-state index contributed by atoms with van der Waals surface area (Å²) in [6.07, 6.45) is 2.04. The molecule has 2 aromatic carbocycles. The predicted molar refractivity (Wildman–Crippen MR) is 102 cm³/mol. The normalized spacial score (nSPS) is 13.6. The molecule has 1 heterocycles. The SMILES string of the molecule is O=C(CCc1ccccc1C(=O)O)NCc1cccc(N2CCCC2=O)c1. The van der Waals surface area contributed by atoms with E-state index in [0.717, 1.165) is 24.2 Å². The number of hydrogen-bond donors (Lipinski definition) is 2. The first-order valence-electron chi connectivity index (χ1n) is 9.02. The standard InChI is InChI=1S/C21H22N2O4/c24-19(11-10-16-6-1-2-8-18(16)21(26)27)22-14-15-5-3-7-17(13-15)23-12-4-9-20(23)25/h1-3,5-8,13H,4,9-12,14H2,(H,22,24)(H,26,27). The molecular weight excluding hydrogens is 344 g/mol. The lowest BCUT2D eigenvalue weighted by Gasteiger charge is -2.16. The van der Waals surface area contributed by atoms with Gasteiger partial charge in [0, 0.05) is 31.6 Å². The number of carboxylic acids is 1. The monoisotopic (exact) mass is 366 g/mol. The zero-order valence-electron chi connectivity index (χ0n) is 15.0. The number of amides is 2. The smallest absolute Gasteiger partial charge is 0.335 e. The van der Waals surface area contributed by atoms with Crippen LogP contribution in [0.1, 0.15) is 40.7 Å². The Bertz CT molecular complexity index is 863. The summed E-state index contributed by atoms with van der Waals surface area (Å²) in [6, 6.07) is 14.3. The Balaban J connectivity index is 1.54. The van der Waals surface area contributed by atoms with E-state index >= 15 is 0 Å². The molecule has 3 rings (SSSR count). The number of carbonyl (C=O) groups excluding carboxylic acids is 2. The van der Waals surface area contributed by atoms with E-state index < -0.39 is 5.97 Å². The van der Waals surface area contributed by atoms with Crippen LogP contribution >= 0.6 is 0 Å². The summed E-state index contributed by atoms with van der Waals surface area (Å²) in [5.74, 6) is -0.995. The van der Waals surface area contributed by atoms with Crippen LogP contribution in [0.4, 0.5) is 5.69 Å². The largest absolute Gasteiger partial charge is 0.478 e. The summed E-state index contributed by atoms with van der Waals surface area (Å²) in [5.41, 5.74) is 2.66. The maximum absolute atomic E-state index is 12.1. The molecule has 1 fully saturated rings. The number of hydrogen-bond acceptors (Lipinski definition) is 3. The number of nitrogens with zero attached hydrogens (tertiary/aromatic N) is 1. The first kappa shape index (κ1) is 18.6. The number of anilines is 1. The lowest BCUT2D eigenvalue weighted by Crippen LogP contribution is -2.25. The molecule has 2 amide bonds. The molecular formula is C21H22N2O4. The van der Waals surface area contributed by atoms with Gasteiger partial charge in [-0.05, 0) is 42.2 Å². The van der Waals surface area contributed by atoms with Crippen LogP contribution in [0.3, 0.4) is 0 Å². The summed E-state index contributed by atoms with van der Waals surface area (Å²) in [4.78, 5) is 37.0. The van der Waals surface area contributed by atoms with Gasteiger partial charge < -0.3 is 15.3 Å². The molecule has 2 N–H and O–H groups in total. The summed E-state index contributed by atoms with van der Waals surface area (Å²) in [7, 11) is 0. The van der Waals surface area contributed by atoms with Crippen molar-refractivity contribution >= 4 is 23.5 Å². The first-order chi connectivity index (χ1) is 13.0. The van der Waals surface area contributed by atoms with Gasteiger partial charge in [-0.3, -0.25) is 9.59 Å². The van der Waals surface area contributed by atoms with Crippen LogP contribution in [-0.2, 0) is 22.6 Å². The molecule has 140 valence electrons. The molecule has 6 heteroatoms. The minimum absolute atomic E-state index is 0.133. The van der Waals surface area contributed by atoms with Gasteiger partial charge in [0.2, 0.25) is 11.8 Å². The Morgan fingerprint density at radius 2 is 1.93 bits per heavy atom. The highest BCUT2D eigenvalue weighted by Gasteiger charge is 2.21. The molecule has 0 unspecified atom stereocenters. The summed E-state index contributed by atoms with van der Waals surface area (Å²) in [6.45, 7) is 1.10. The van der Waals surface area contributed by atoms with Gasteiger partial charge in [-0.25, -0.2) is 4.79 Å². The zero-order valence-corrected chi connectivity index (χ0v) is 15.0. The highest BCUT2D eigenvalue weighted by molar-refractivity contribution is 5.95. The van der Waals surface area contributed by atoms with Crippen molar-refractivity contribution in [2.45, 2.75) is 32.2 Å². The maximum Gasteiger partial charge on any atom is 0.335 e. The fourth-order valence-electron chi connectivity index (χ4n) is 3.24. The van der Waals surface area contributed by atoms with Gasteiger partial charge in [0.15, 0.2) is 0 Å². The van der Waals surface area contributed by atoms with Crippen molar-refractivity contribution in [3.05, 3.63) is 65.2 Å². The minimum Gasteiger partial charge on any atom is -0.478 e. The van der Waals surface area contributed by atoms with Crippen LogP contribution in [0, 0.1) is 0 Å². The summed E-state index contributed by atoms with van der Waals surface area (Å²) >= 11 is 0. The van der Waals surface area contributed by atoms with E-state index in [0.29, 0.717) is 24.9 Å². The number of aromatic carboxylic acids is 1. The molecule has 27 heavy (non-hydrogen) atoms. The predicted octanol–water partition coefficient (Wildman–Crippen LogP) is 2.76. The van der Waals surface area contributed by atoms with E-state index in [1.54, 1.807) is 29.2 Å². The van der Waals surface area contributed by atoms with Gasteiger partial charge in [0.1, 0.15) is 0 Å². The molecule has 0 aromatic heterocycles. The van der Waals surface area contributed by atoms with Gasteiger partial charge in [-0.15, -0.1) is 0 Å². The molecule has 0 atom stereocenters. The Labute approximate surface area is 157 Å². The zero-order chi connectivity index (χ0) is 19.2. The number of carboxylic acid groups (broad SMARTS) is 1. The van der Waals surface area contributed by atoms with Gasteiger partial charge in [0.25, 0.3) is 0 Å². The number of benzene rings is 2. The molecule has 0 radical (unpaired) electrons. The van der Waals surface area contributed by atoms with E-state index in [1.807, 2.05) is 24.3 Å². The van der Waals surface area contributed by atoms with Gasteiger partial charge in [-0.2, -0.15) is 0 Å². The number of nitrogens with one attached hydrogen (secondary N) is 1. The van der Waals surface area contributed by atoms with Crippen molar-refractivity contribution in [3.8, 4) is 0 Å². The fraction of sp³-hybridized carbons (Fsp3) is 0.286. The fourth-order valence-corrected chi connectivity index (χ4v) is 3.24. The van der Waals surface area contributed by atoms with E-state index in [2.05, 4.69) is 5.32 Å². The lowest BCUT2D eigenvalue weighted by atomic mass is 10.0. The first-order valence-corrected chi connectivity index (χ1v) is 9.02. The van der Waals surface area contributed by atoms with Gasteiger partial charge in [-0.1, -0.05) is 30.3 Å². The van der Waals surface area contributed by atoms with E-state index in [-0.39, 0.29) is 23.8 Å². The van der Waals surface area contributed by atoms with Crippen molar-refractivity contribution in [3.63, 3.8) is 0 Å². The molecule has 0 spiro atoms. The molecule has 6 nitrogen and oxygen atoms in total. The minimum atomic E-state index is -0.987.